The standard InChI is InChI=1S/C13H28N2O/c1-4-14-9-13(16)10-15(12-5-6-12)8-7-11(2)3/h11-14,16H,4-10H2,1-3H3. The van der Waals surface area contributed by atoms with Gasteiger partial charge in [-0.05, 0) is 38.3 Å². The molecule has 0 aliphatic heterocycles. The van der Waals surface area contributed by atoms with Crippen LogP contribution in [0.25, 0.3) is 0 Å². The quantitative estimate of drug-likeness (QED) is 0.627. The van der Waals surface area contributed by atoms with E-state index in [-0.39, 0.29) is 6.10 Å². The average molecular weight is 228 g/mol. The van der Waals surface area contributed by atoms with E-state index in [9.17, 15) is 5.11 Å². The van der Waals surface area contributed by atoms with Gasteiger partial charge in [0.1, 0.15) is 0 Å². The van der Waals surface area contributed by atoms with Gasteiger partial charge in [0.05, 0.1) is 6.10 Å². The van der Waals surface area contributed by atoms with Crippen molar-refractivity contribution in [3.05, 3.63) is 0 Å². The fraction of sp³-hybridized carbons (Fsp3) is 1.00. The van der Waals surface area contributed by atoms with Crippen LogP contribution in [0, 0.1) is 5.92 Å². The maximum atomic E-state index is 9.89. The molecule has 0 aromatic carbocycles. The van der Waals surface area contributed by atoms with E-state index in [1.807, 2.05) is 0 Å². The molecule has 2 N–H and O–H groups in total. The molecule has 1 saturated carbocycles. The number of hydrogen-bond donors (Lipinski definition) is 2. The summed E-state index contributed by atoms with van der Waals surface area (Å²) >= 11 is 0. The molecular weight excluding hydrogens is 200 g/mol. The molecule has 1 aliphatic carbocycles. The lowest BCUT2D eigenvalue weighted by atomic mass is 10.1. The zero-order chi connectivity index (χ0) is 12.0. The van der Waals surface area contributed by atoms with Gasteiger partial charge in [0.2, 0.25) is 0 Å². The monoisotopic (exact) mass is 228 g/mol. The zero-order valence-corrected chi connectivity index (χ0v) is 11.1. The third-order valence-electron chi connectivity index (χ3n) is 3.13. The average Bonchev–Trinajstić information content (AvgIpc) is 3.04. The van der Waals surface area contributed by atoms with Crippen molar-refractivity contribution in [2.24, 2.45) is 5.92 Å². The summed E-state index contributed by atoms with van der Waals surface area (Å²) in [4.78, 5) is 2.47. The SMILES string of the molecule is CCNCC(O)CN(CCC(C)C)C1CC1. The van der Waals surface area contributed by atoms with Gasteiger partial charge in [0.25, 0.3) is 0 Å². The highest BCUT2D eigenvalue weighted by molar-refractivity contribution is 4.86. The molecule has 3 nitrogen and oxygen atoms in total. The maximum absolute atomic E-state index is 9.89. The smallest absolute Gasteiger partial charge is 0.0791 e. The molecule has 1 atom stereocenters. The summed E-state index contributed by atoms with van der Waals surface area (Å²) in [6, 6.07) is 0.759. The van der Waals surface area contributed by atoms with Crippen LogP contribution in [0.1, 0.15) is 40.0 Å². The minimum absolute atomic E-state index is 0.215. The van der Waals surface area contributed by atoms with Crippen LogP contribution in [0.5, 0.6) is 0 Å². The third-order valence-corrected chi connectivity index (χ3v) is 3.13. The summed E-state index contributed by atoms with van der Waals surface area (Å²) < 4.78 is 0. The number of nitrogens with one attached hydrogen (secondary N) is 1. The Morgan fingerprint density at radius 2 is 2.06 bits per heavy atom. The molecule has 0 heterocycles. The predicted molar refractivity (Wildman–Crippen MR) is 68.6 cm³/mol. The summed E-state index contributed by atoms with van der Waals surface area (Å²) in [5, 5.41) is 13.1. The number of aliphatic hydroxyl groups is 1. The number of likely N-dealkylation sites (N-methyl/N-ethyl adjacent to an activating group) is 1. The highest BCUT2D eigenvalue weighted by atomic mass is 16.3. The molecule has 0 aromatic rings. The van der Waals surface area contributed by atoms with Gasteiger partial charge in [0.15, 0.2) is 0 Å². The maximum Gasteiger partial charge on any atom is 0.0791 e. The van der Waals surface area contributed by atoms with Gasteiger partial charge >= 0.3 is 0 Å². The van der Waals surface area contributed by atoms with Crippen LogP contribution >= 0.6 is 0 Å². The molecule has 96 valence electrons. The van der Waals surface area contributed by atoms with Gasteiger partial charge in [-0.1, -0.05) is 20.8 Å². The van der Waals surface area contributed by atoms with Crippen molar-refractivity contribution < 1.29 is 5.11 Å². The molecule has 3 heteroatoms. The Labute approximate surface area is 100 Å². The first-order chi connectivity index (χ1) is 7.63. The molecule has 16 heavy (non-hydrogen) atoms. The van der Waals surface area contributed by atoms with Gasteiger partial charge < -0.3 is 10.4 Å². The lowest BCUT2D eigenvalue weighted by Crippen LogP contribution is -2.40. The summed E-state index contributed by atoms with van der Waals surface area (Å²) in [7, 11) is 0. The topological polar surface area (TPSA) is 35.5 Å². The molecule has 0 bridgehead atoms. The fourth-order valence-electron chi connectivity index (χ4n) is 1.93. The Kier molecular flexibility index (Phi) is 6.32. The van der Waals surface area contributed by atoms with Gasteiger partial charge in [-0.15, -0.1) is 0 Å². The Morgan fingerprint density at radius 1 is 1.38 bits per heavy atom. The van der Waals surface area contributed by atoms with Gasteiger partial charge in [-0.25, -0.2) is 0 Å². The van der Waals surface area contributed by atoms with Crippen molar-refractivity contribution in [3.63, 3.8) is 0 Å². The van der Waals surface area contributed by atoms with Gasteiger partial charge in [0, 0.05) is 19.1 Å². The highest BCUT2D eigenvalue weighted by Crippen LogP contribution is 2.27. The van der Waals surface area contributed by atoms with Gasteiger partial charge in [-0.3, -0.25) is 4.90 Å². The largest absolute Gasteiger partial charge is 0.390 e. The normalized spacial score (nSPS) is 18.4. The van der Waals surface area contributed by atoms with Gasteiger partial charge in [-0.2, -0.15) is 0 Å². The number of rotatable bonds is 9. The molecule has 0 aromatic heterocycles. The summed E-state index contributed by atoms with van der Waals surface area (Å²) in [6.07, 6.45) is 3.68. The Balaban J connectivity index is 2.21. The van der Waals surface area contributed by atoms with E-state index < -0.39 is 0 Å². The summed E-state index contributed by atoms with van der Waals surface area (Å²) in [6.45, 7) is 10.2. The van der Waals surface area contributed by atoms with Crippen molar-refractivity contribution >= 4 is 0 Å². The Hall–Kier alpha value is -0.120. The molecule has 0 spiro atoms. The fourth-order valence-corrected chi connectivity index (χ4v) is 1.93. The van der Waals surface area contributed by atoms with Crippen LogP contribution in [0.3, 0.4) is 0 Å². The third kappa shape index (κ3) is 5.83. The molecule has 0 saturated heterocycles. The highest BCUT2D eigenvalue weighted by Gasteiger charge is 2.29. The van der Waals surface area contributed by atoms with E-state index in [1.165, 1.54) is 19.3 Å². The zero-order valence-electron chi connectivity index (χ0n) is 11.1. The molecule has 1 rings (SSSR count). The van der Waals surface area contributed by atoms with E-state index in [0.29, 0.717) is 0 Å². The van der Waals surface area contributed by atoms with Crippen molar-refractivity contribution in [1.82, 2.24) is 10.2 Å². The first-order valence-corrected chi connectivity index (χ1v) is 6.76. The molecular formula is C13H28N2O. The van der Waals surface area contributed by atoms with Crippen LogP contribution in [-0.2, 0) is 0 Å². The van der Waals surface area contributed by atoms with E-state index in [2.05, 4.69) is 31.0 Å². The van der Waals surface area contributed by atoms with Crippen molar-refractivity contribution in [1.29, 1.82) is 0 Å². The predicted octanol–water partition coefficient (Wildman–Crippen LogP) is 1.47. The van der Waals surface area contributed by atoms with E-state index in [0.717, 1.165) is 38.1 Å². The second-order valence-corrected chi connectivity index (χ2v) is 5.37. The minimum atomic E-state index is -0.215. The van der Waals surface area contributed by atoms with Crippen LogP contribution in [-0.4, -0.2) is 48.3 Å². The second-order valence-electron chi connectivity index (χ2n) is 5.37. The van der Waals surface area contributed by atoms with Crippen molar-refractivity contribution in [3.8, 4) is 0 Å². The van der Waals surface area contributed by atoms with E-state index >= 15 is 0 Å². The molecule has 0 radical (unpaired) electrons. The second kappa shape index (κ2) is 7.25. The number of hydrogen-bond acceptors (Lipinski definition) is 3. The van der Waals surface area contributed by atoms with E-state index in [1.54, 1.807) is 0 Å². The molecule has 1 fully saturated rings. The number of aliphatic hydroxyl groups excluding tert-OH is 1. The van der Waals surface area contributed by atoms with Crippen LogP contribution in [0.4, 0.5) is 0 Å². The number of nitrogens with zero attached hydrogens (tertiary/aromatic N) is 1. The van der Waals surface area contributed by atoms with Crippen LogP contribution in [0.2, 0.25) is 0 Å². The Morgan fingerprint density at radius 3 is 2.56 bits per heavy atom. The van der Waals surface area contributed by atoms with Crippen molar-refractivity contribution in [2.45, 2.75) is 52.2 Å². The van der Waals surface area contributed by atoms with Crippen LogP contribution < -0.4 is 5.32 Å². The van der Waals surface area contributed by atoms with E-state index in [4.69, 9.17) is 0 Å². The van der Waals surface area contributed by atoms with Crippen molar-refractivity contribution in [2.75, 3.05) is 26.2 Å². The Bertz CT molecular complexity index is 181. The summed E-state index contributed by atoms with van der Waals surface area (Å²) in [5.41, 5.74) is 0. The van der Waals surface area contributed by atoms with Crippen LogP contribution in [0.15, 0.2) is 0 Å². The first-order valence-electron chi connectivity index (χ1n) is 6.76. The first kappa shape index (κ1) is 13.9. The molecule has 1 unspecified atom stereocenters. The lowest BCUT2D eigenvalue weighted by molar-refractivity contribution is 0.104. The summed E-state index contributed by atoms with van der Waals surface area (Å²) in [5.74, 6) is 0.757. The minimum Gasteiger partial charge on any atom is -0.390 e. The molecule has 0 amide bonds. The lowest BCUT2D eigenvalue weighted by Gasteiger charge is -2.25. The molecule has 1 aliphatic rings.